The van der Waals surface area contributed by atoms with E-state index >= 15 is 0 Å². The number of amides is 2. The lowest BCUT2D eigenvalue weighted by atomic mass is 10.1. The minimum absolute atomic E-state index is 0.401. The van der Waals surface area contributed by atoms with Crippen LogP contribution in [0.3, 0.4) is 0 Å². The Kier molecular flexibility index (Phi) is 4.30. The molecule has 0 aliphatic carbocycles. The number of nitrogens with one attached hydrogen (secondary N) is 2. The number of aryl methyl sites for hydroxylation is 1. The van der Waals surface area contributed by atoms with E-state index in [1.165, 1.54) is 13.8 Å². The van der Waals surface area contributed by atoms with Crippen molar-refractivity contribution >= 4 is 12.0 Å². The van der Waals surface area contributed by atoms with Gasteiger partial charge in [0.05, 0.1) is 5.69 Å². The van der Waals surface area contributed by atoms with Crippen LogP contribution in [0.5, 0.6) is 0 Å². The Morgan fingerprint density at radius 3 is 2.67 bits per heavy atom. The van der Waals surface area contributed by atoms with Crippen molar-refractivity contribution in [2.45, 2.75) is 25.8 Å². The Labute approximate surface area is 105 Å². The van der Waals surface area contributed by atoms with Crippen LogP contribution in [0.25, 0.3) is 0 Å². The minimum atomic E-state index is -1.28. The number of urea groups is 1. The fourth-order valence-corrected chi connectivity index (χ4v) is 1.28. The average Bonchev–Trinajstić information content (AvgIpc) is 2.63. The fraction of sp³-hybridized carbons (Fsp3) is 0.545. The zero-order valence-corrected chi connectivity index (χ0v) is 10.7. The van der Waals surface area contributed by atoms with Crippen LogP contribution in [0.1, 0.15) is 19.5 Å². The van der Waals surface area contributed by atoms with Gasteiger partial charge < -0.3 is 15.7 Å². The molecule has 1 rings (SSSR count). The van der Waals surface area contributed by atoms with Gasteiger partial charge in [-0.1, -0.05) is 0 Å². The van der Waals surface area contributed by atoms with Crippen molar-refractivity contribution in [2.24, 2.45) is 7.05 Å². The number of aromatic nitrogens is 2. The fourth-order valence-electron chi connectivity index (χ4n) is 1.28. The Morgan fingerprint density at radius 1 is 1.50 bits per heavy atom. The highest BCUT2D eigenvalue weighted by atomic mass is 16.4. The van der Waals surface area contributed by atoms with Gasteiger partial charge in [0.25, 0.3) is 0 Å². The van der Waals surface area contributed by atoms with Crippen LogP contribution in [-0.4, -0.2) is 39.0 Å². The molecule has 0 bridgehead atoms. The second kappa shape index (κ2) is 5.52. The van der Waals surface area contributed by atoms with E-state index in [0.717, 1.165) is 5.69 Å². The average molecular weight is 254 g/mol. The molecule has 1 aromatic rings. The van der Waals surface area contributed by atoms with E-state index < -0.39 is 17.5 Å². The predicted molar refractivity (Wildman–Crippen MR) is 65.2 cm³/mol. The monoisotopic (exact) mass is 254 g/mol. The third-order valence-corrected chi connectivity index (χ3v) is 2.40. The lowest BCUT2D eigenvalue weighted by molar-refractivity contribution is -0.142. The van der Waals surface area contributed by atoms with E-state index in [4.69, 9.17) is 5.11 Å². The summed E-state index contributed by atoms with van der Waals surface area (Å²) < 4.78 is 1.68. The van der Waals surface area contributed by atoms with Gasteiger partial charge >= 0.3 is 12.0 Å². The molecule has 1 heterocycles. The molecule has 0 saturated heterocycles. The molecule has 0 aliphatic rings. The summed E-state index contributed by atoms with van der Waals surface area (Å²) >= 11 is 0. The van der Waals surface area contributed by atoms with Gasteiger partial charge in [-0.3, -0.25) is 4.68 Å². The Balaban J connectivity index is 2.32. The van der Waals surface area contributed by atoms with Gasteiger partial charge in [-0.2, -0.15) is 5.10 Å². The first-order valence-corrected chi connectivity index (χ1v) is 5.59. The van der Waals surface area contributed by atoms with Crippen LogP contribution in [-0.2, 0) is 18.3 Å². The van der Waals surface area contributed by atoms with Crippen LogP contribution < -0.4 is 10.6 Å². The number of rotatable bonds is 5. The number of hydrogen-bond donors (Lipinski definition) is 3. The third-order valence-electron chi connectivity index (χ3n) is 2.40. The maximum Gasteiger partial charge on any atom is 0.328 e. The first-order valence-electron chi connectivity index (χ1n) is 5.59. The molecule has 18 heavy (non-hydrogen) atoms. The van der Waals surface area contributed by atoms with Gasteiger partial charge in [0, 0.05) is 26.2 Å². The quantitative estimate of drug-likeness (QED) is 0.695. The van der Waals surface area contributed by atoms with Gasteiger partial charge in [-0.05, 0) is 19.9 Å². The normalized spacial score (nSPS) is 11.1. The maximum absolute atomic E-state index is 11.4. The summed E-state index contributed by atoms with van der Waals surface area (Å²) in [5.74, 6) is -1.08. The van der Waals surface area contributed by atoms with Gasteiger partial charge in [0.2, 0.25) is 0 Å². The minimum Gasteiger partial charge on any atom is -0.480 e. The van der Waals surface area contributed by atoms with Crippen molar-refractivity contribution in [3.63, 3.8) is 0 Å². The highest BCUT2D eigenvalue weighted by Gasteiger charge is 2.28. The van der Waals surface area contributed by atoms with Crippen LogP contribution >= 0.6 is 0 Å². The molecule has 3 N–H and O–H groups in total. The van der Waals surface area contributed by atoms with Gasteiger partial charge in [-0.25, -0.2) is 9.59 Å². The summed E-state index contributed by atoms with van der Waals surface area (Å²) in [6.07, 6.45) is 2.42. The predicted octanol–water partition coefficient (Wildman–Crippen LogP) is 0.125. The van der Waals surface area contributed by atoms with Gasteiger partial charge in [0.1, 0.15) is 5.54 Å². The topological polar surface area (TPSA) is 96.2 Å². The number of carboxylic acid groups (broad SMARTS) is 1. The van der Waals surface area contributed by atoms with Crippen LogP contribution in [0.15, 0.2) is 12.3 Å². The van der Waals surface area contributed by atoms with Crippen molar-refractivity contribution in [1.82, 2.24) is 20.4 Å². The lowest BCUT2D eigenvalue weighted by Gasteiger charge is -2.21. The number of carbonyl (C=O) groups is 2. The molecule has 0 radical (unpaired) electrons. The lowest BCUT2D eigenvalue weighted by Crippen LogP contribution is -2.53. The second-order valence-corrected chi connectivity index (χ2v) is 4.54. The van der Waals surface area contributed by atoms with E-state index in [-0.39, 0.29) is 0 Å². The number of hydrogen-bond acceptors (Lipinski definition) is 3. The zero-order chi connectivity index (χ0) is 13.8. The summed E-state index contributed by atoms with van der Waals surface area (Å²) in [6, 6.07) is 1.36. The van der Waals surface area contributed by atoms with E-state index in [2.05, 4.69) is 15.7 Å². The first-order chi connectivity index (χ1) is 8.31. The van der Waals surface area contributed by atoms with E-state index in [9.17, 15) is 9.59 Å². The molecular weight excluding hydrogens is 236 g/mol. The highest BCUT2D eigenvalue weighted by molar-refractivity contribution is 5.85. The van der Waals surface area contributed by atoms with Gasteiger partial charge in [-0.15, -0.1) is 0 Å². The van der Waals surface area contributed by atoms with Crippen LogP contribution in [0.2, 0.25) is 0 Å². The molecule has 100 valence electrons. The second-order valence-electron chi connectivity index (χ2n) is 4.54. The largest absolute Gasteiger partial charge is 0.480 e. The van der Waals surface area contributed by atoms with E-state index in [0.29, 0.717) is 13.0 Å². The molecule has 0 aliphatic heterocycles. The van der Waals surface area contributed by atoms with Crippen LogP contribution in [0, 0.1) is 0 Å². The SMILES string of the molecule is Cn1ccc(CCNC(=O)NC(C)(C)C(=O)O)n1. The van der Waals surface area contributed by atoms with Crippen molar-refractivity contribution < 1.29 is 14.7 Å². The molecule has 7 nitrogen and oxygen atoms in total. The number of nitrogens with zero attached hydrogens (tertiary/aromatic N) is 2. The smallest absolute Gasteiger partial charge is 0.328 e. The molecular formula is C11H18N4O3. The third kappa shape index (κ3) is 4.08. The Morgan fingerprint density at radius 2 is 2.17 bits per heavy atom. The number of carboxylic acids is 1. The van der Waals surface area contributed by atoms with Crippen LogP contribution in [0.4, 0.5) is 4.79 Å². The zero-order valence-electron chi connectivity index (χ0n) is 10.7. The molecule has 0 spiro atoms. The summed E-state index contributed by atoms with van der Waals surface area (Å²) in [5.41, 5.74) is -0.412. The molecule has 0 aromatic carbocycles. The van der Waals surface area contributed by atoms with Crippen molar-refractivity contribution in [1.29, 1.82) is 0 Å². The summed E-state index contributed by atoms with van der Waals surface area (Å²) in [5, 5.41) is 18.0. The number of carbonyl (C=O) groups excluding carboxylic acids is 1. The summed E-state index contributed by atoms with van der Waals surface area (Å²) in [4.78, 5) is 22.2. The molecule has 0 atom stereocenters. The van der Waals surface area contributed by atoms with E-state index in [1.54, 1.807) is 4.68 Å². The van der Waals surface area contributed by atoms with Crippen molar-refractivity contribution in [3.05, 3.63) is 18.0 Å². The molecule has 0 unspecified atom stereocenters. The molecule has 1 aromatic heterocycles. The first kappa shape index (κ1) is 14.0. The molecule has 7 heteroatoms. The molecule has 0 saturated carbocycles. The number of aliphatic carboxylic acids is 1. The van der Waals surface area contributed by atoms with Crippen molar-refractivity contribution in [3.8, 4) is 0 Å². The Hall–Kier alpha value is -2.05. The molecule has 2 amide bonds. The van der Waals surface area contributed by atoms with Crippen molar-refractivity contribution in [2.75, 3.05) is 6.54 Å². The summed E-state index contributed by atoms with van der Waals surface area (Å²) in [6.45, 7) is 3.25. The Bertz CT molecular complexity index is 439. The van der Waals surface area contributed by atoms with Gasteiger partial charge in [0.15, 0.2) is 0 Å². The van der Waals surface area contributed by atoms with E-state index in [1.807, 2.05) is 19.3 Å². The standard InChI is InChI=1S/C11H18N4O3/c1-11(2,9(16)17)13-10(18)12-6-4-8-5-7-15(3)14-8/h5,7H,4,6H2,1-3H3,(H,16,17)(H2,12,13,18). The maximum atomic E-state index is 11.4. The highest BCUT2D eigenvalue weighted by Crippen LogP contribution is 2.01. The summed E-state index contributed by atoms with van der Waals surface area (Å²) in [7, 11) is 1.82. The molecule has 0 fully saturated rings.